The standard InChI is InChI=1S/C23H22N2O7S/c1-31-21-10-9-19(15-22(21)32-2)33(29,30)25(16-23(26)27)20-6-4-3-5-18(20)8-7-17-11-13-24(28)14-12-17/h3-15H,16H2,1-2H3,(H,26,27)/b8-7+. The number of anilines is 1. The van der Waals surface area contributed by atoms with E-state index in [1.54, 1.807) is 42.5 Å². The van der Waals surface area contributed by atoms with Crippen molar-refractivity contribution in [3.63, 3.8) is 0 Å². The number of hydrogen-bond donors (Lipinski definition) is 1. The summed E-state index contributed by atoms with van der Waals surface area (Å²) in [5.41, 5.74) is 1.37. The third-order valence-corrected chi connectivity index (χ3v) is 6.47. The number of aromatic nitrogens is 1. The molecule has 3 rings (SSSR count). The predicted molar refractivity (Wildman–Crippen MR) is 122 cm³/mol. The van der Waals surface area contributed by atoms with Crippen molar-refractivity contribution in [3.8, 4) is 11.5 Å². The molecule has 172 valence electrons. The number of rotatable bonds is 9. The van der Waals surface area contributed by atoms with E-state index in [4.69, 9.17) is 9.47 Å². The number of para-hydroxylation sites is 1. The highest BCUT2D eigenvalue weighted by Gasteiger charge is 2.29. The number of benzene rings is 2. The van der Waals surface area contributed by atoms with Gasteiger partial charge in [0.2, 0.25) is 0 Å². The SMILES string of the molecule is COc1ccc(S(=O)(=O)N(CC(=O)O)c2ccccc2/C=C/c2cc[n+]([O-])cc2)cc1OC. The van der Waals surface area contributed by atoms with Crippen LogP contribution in [0.3, 0.4) is 0 Å². The quantitative estimate of drug-likeness (QED) is 0.377. The molecule has 1 N–H and O–H groups in total. The number of pyridine rings is 1. The first-order valence-electron chi connectivity index (χ1n) is 9.68. The number of carboxylic acid groups (broad SMARTS) is 1. The molecule has 0 aliphatic heterocycles. The molecule has 0 bridgehead atoms. The maximum Gasteiger partial charge on any atom is 0.324 e. The van der Waals surface area contributed by atoms with Crippen LogP contribution in [0.15, 0.2) is 71.9 Å². The van der Waals surface area contributed by atoms with Crippen LogP contribution in [0.5, 0.6) is 11.5 Å². The zero-order chi connectivity index (χ0) is 24.0. The van der Waals surface area contributed by atoms with E-state index in [0.717, 1.165) is 4.31 Å². The van der Waals surface area contributed by atoms with E-state index in [0.29, 0.717) is 21.6 Å². The van der Waals surface area contributed by atoms with Gasteiger partial charge in [0.15, 0.2) is 23.9 Å². The highest BCUT2D eigenvalue weighted by Crippen LogP contribution is 2.33. The Labute approximate surface area is 191 Å². The van der Waals surface area contributed by atoms with Gasteiger partial charge in [0.1, 0.15) is 6.54 Å². The molecular formula is C23H22N2O7S. The second-order valence-corrected chi connectivity index (χ2v) is 8.67. The van der Waals surface area contributed by atoms with E-state index in [-0.39, 0.29) is 16.3 Å². The lowest BCUT2D eigenvalue weighted by molar-refractivity contribution is -0.605. The topological polar surface area (TPSA) is 120 Å². The molecule has 0 spiro atoms. The average molecular weight is 471 g/mol. The van der Waals surface area contributed by atoms with Crippen LogP contribution in [-0.2, 0) is 14.8 Å². The van der Waals surface area contributed by atoms with Crippen LogP contribution in [0, 0.1) is 5.21 Å². The van der Waals surface area contributed by atoms with Gasteiger partial charge in [-0.15, -0.1) is 0 Å². The fourth-order valence-corrected chi connectivity index (χ4v) is 4.56. The van der Waals surface area contributed by atoms with Gasteiger partial charge in [-0.3, -0.25) is 9.10 Å². The van der Waals surface area contributed by atoms with Gasteiger partial charge in [0, 0.05) is 18.2 Å². The number of methoxy groups -OCH3 is 2. The van der Waals surface area contributed by atoms with E-state index >= 15 is 0 Å². The van der Waals surface area contributed by atoms with Crippen LogP contribution < -0.4 is 18.5 Å². The molecule has 1 heterocycles. The van der Waals surface area contributed by atoms with Crippen molar-refractivity contribution in [2.24, 2.45) is 0 Å². The third-order valence-electron chi connectivity index (χ3n) is 4.71. The number of hydrogen-bond acceptors (Lipinski definition) is 6. The molecule has 9 nitrogen and oxygen atoms in total. The number of nitrogens with zero attached hydrogens (tertiary/aromatic N) is 2. The minimum absolute atomic E-state index is 0.150. The van der Waals surface area contributed by atoms with Crippen molar-refractivity contribution >= 4 is 33.8 Å². The summed E-state index contributed by atoms with van der Waals surface area (Å²) in [4.78, 5) is 11.5. The van der Waals surface area contributed by atoms with Gasteiger partial charge in [0.25, 0.3) is 10.0 Å². The summed E-state index contributed by atoms with van der Waals surface area (Å²) in [5, 5.41) is 20.7. The van der Waals surface area contributed by atoms with Crippen molar-refractivity contribution in [1.82, 2.24) is 0 Å². The second-order valence-electron chi connectivity index (χ2n) is 6.81. The lowest BCUT2D eigenvalue weighted by Crippen LogP contribution is -2.36. The molecule has 10 heteroatoms. The lowest BCUT2D eigenvalue weighted by Gasteiger charge is -2.25. The zero-order valence-corrected chi connectivity index (χ0v) is 18.7. The first-order chi connectivity index (χ1) is 15.8. The molecule has 0 amide bonds. The Morgan fingerprint density at radius 2 is 1.70 bits per heavy atom. The summed E-state index contributed by atoms with van der Waals surface area (Å²) in [6.07, 6.45) is 6.02. The zero-order valence-electron chi connectivity index (χ0n) is 17.9. The Morgan fingerprint density at radius 3 is 2.33 bits per heavy atom. The first-order valence-corrected chi connectivity index (χ1v) is 11.1. The Balaban J connectivity index is 2.08. The lowest BCUT2D eigenvalue weighted by atomic mass is 10.1. The number of carbonyl (C=O) groups is 1. The molecule has 0 saturated carbocycles. The second kappa shape index (κ2) is 10.0. The van der Waals surface area contributed by atoms with Gasteiger partial charge in [-0.2, -0.15) is 4.73 Å². The Morgan fingerprint density at radius 1 is 1.03 bits per heavy atom. The predicted octanol–water partition coefficient (Wildman–Crippen LogP) is 2.79. The third kappa shape index (κ3) is 5.42. The van der Waals surface area contributed by atoms with E-state index in [1.165, 1.54) is 50.9 Å². The summed E-state index contributed by atoms with van der Waals surface area (Å²) in [5.74, 6) is -0.783. The highest BCUT2D eigenvalue weighted by molar-refractivity contribution is 7.92. The fourth-order valence-electron chi connectivity index (χ4n) is 3.10. The Hall–Kier alpha value is -4.05. The smallest absolute Gasteiger partial charge is 0.324 e. The normalized spacial score (nSPS) is 11.3. The fraction of sp³-hybridized carbons (Fsp3) is 0.130. The van der Waals surface area contributed by atoms with Crippen molar-refractivity contribution < 1.29 is 32.5 Å². The monoisotopic (exact) mass is 470 g/mol. The highest BCUT2D eigenvalue weighted by atomic mass is 32.2. The van der Waals surface area contributed by atoms with Gasteiger partial charge in [-0.1, -0.05) is 30.4 Å². The van der Waals surface area contributed by atoms with Gasteiger partial charge in [-0.25, -0.2) is 8.42 Å². The number of aliphatic carboxylic acids is 1. The maximum absolute atomic E-state index is 13.5. The van der Waals surface area contributed by atoms with Gasteiger partial charge in [-0.05, 0) is 29.3 Å². The van der Waals surface area contributed by atoms with Gasteiger partial charge < -0.3 is 19.8 Å². The molecule has 2 aromatic carbocycles. The van der Waals surface area contributed by atoms with Crippen LogP contribution in [0.25, 0.3) is 12.2 Å². The van der Waals surface area contributed by atoms with Crippen LogP contribution in [-0.4, -0.2) is 40.3 Å². The molecule has 0 radical (unpaired) electrons. The molecule has 33 heavy (non-hydrogen) atoms. The summed E-state index contributed by atoms with van der Waals surface area (Å²) >= 11 is 0. The van der Waals surface area contributed by atoms with Crippen molar-refractivity contribution in [2.75, 3.05) is 25.1 Å². The molecule has 0 aliphatic rings. The molecule has 0 atom stereocenters. The van der Waals surface area contributed by atoms with Crippen molar-refractivity contribution in [1.29, 1.82) is 0 Å². The molecule has 0 aliphatic carbocycles. The van der Waals surface area contributed by atoms with E-state index < -0.39 is 22.5 Å². The summed E-state index contributed by atoms with van der Waals surface area (Å²) in [7, 11) is -1.48. The van der Waals surface area contributed by atoms with Crippen LogP contribution in [0.1, 0.15) is 11.1 Å². The summed E-state index contributed by atoms with van der Waals surface area (Å²) in [6, 6.07) is 13.8. The Bertz CT molecular complexity index is 1270. The molecule has 0 saturated heterocycles. The molecule has 0 unspecified atom stereocenters. The number of sulfonamides is 1. The van der Waals surface area contributed by atoms with Gasteiger partial charge in [0.05, 0.1) is 24.8 Å². The van der Waals surface area contributed by atoms with Crippen molar-refractivity contribution in [3.05, 3.63) is 83.3 Å². The van der Waals surface area contributed by atoms with E-state index in [2.05, 4.69) is 0 Å². The average Bonchev–Trinajstić information content (AvgIpc) is 2.81. The minimum atomic E-state index is -4.28. The first kappa shape index (κ1) is 23.6. The maximum atomic E-state index is 13.5. The van der Waals surface area contributed by atoms with Crippen LogP contribution >= 0.6 is 0 Å². The van der Waals surface area contributed by atoms with Gasteiger partial charge >= 0.3 is 5.97 Å². The number of ether oxygens (including phenoxy) is 2. The number of carboxylic acids is 1. The molecule has 3 aromatic rings. The molecular weight excluding hydrogens is 448 g/mol. The molecule has 1 aromatic heterocycles. The van der Waals surface area contributed by atoms with Crippen LogP contribution in [0.2, 0.25) is 0 Å². The Kier molecular flexibility index (Phi) is 7.19. The molecule has 0 fully saturated rings. The largest absolute Gasteiger partial charge is 0.619 e. The van der Waals surface area contributed by atoms with E-state index in [1.807, 2.05) is 0 Å². The van der Waals surface area contributed by atoms with Crippen LogP contribution in [0.4, 0.5) is 5.69 Å². The minimum Gasteiger partial charge on any atom is -0.619 e. The summed E-state index contributed by atoms with van der Waals surface area (Å²) in [6.45, 7) is -0.789. The van der Waals surface area contributed by atoms with Crippen molar-refractivity contribution in [2.45, 2.75) is 4.90 Å². The summed E-state index contributed by atoms with van der Waals surface area (Å²) < 4.78 is 38.8. The van der Waals surface area contributed by atoms with E-state index in [9.17, 15) is 23.5 Å².